The van der Waals surface area contributed by atoms with Gasteiger partial charge in [0.15, 0.2) is 11.5 Å². The molecule has 0 aliphatic rings. The second-order valence-electron chi connectivity index (χ2n) is 3.90. The maximum absolute atomic E-state index is 11.4. The molecule has 0 unspecified atom stereocenters. The number of hydrogen-bond acceptors (Lipinski definition) is 4. The van der Waals surface area contributed by atoms with Crippen LogP contribution < -0.4 is 4.74 Å². The normalized spacial score (nSPS) is 10.5. The number of rotatable bonds is 5. The van der Waals surface area contributed by atoms with E-state index >= 15 is 0 Å². The summed E-state index contributed by atoms with van der Waals surface area (Å²) in [5.74, 6) is -0.425. The Bertz CT molecular complexity index is 488. The average Bonchev–Trinajstić information content (AvgIpc) is 2.29. The first kappa shape index (κ1) is 14.7. The minimum Gasteiger partial charge on any atom is -0.479 e. The van der Waals surface area contributed by atoms with Crippen LogP contribution >= 0.6 is 23.2 Å². The van der Waals surface area contributed by atoms with Crippen molar-refractivity contribution in [2.45, 2.75) is 13.8 Å². The molecule has 98 valence electrons. The van der Waals surface area contributed by atoms with E-state index in [0.29, 0.717) is 0 Å². The van der Waals surface area contributed by atoms with Gasteiger partial charge < -0.3 is 4.74 Å². The van der Waals surface area contributed by atoms with Gasteiger partial charge in [0.05, 0.1) is 15.0 Å². The van der Waals surface area contributed by atoms with Crippen molar-refractivity contribution in [1.82, 2.24) is 0 Å². The van der Waals surface area contributed by atoms with E-state index < -0.39 is 4.92 Å². The number of halogens is 2. The summed E-state index contributed by atoms with van der Waals surface area (Å²) in [5, 5.41) is 11.0. The summed E-state index contributed by atoms with van der Waals surface area (Å²) < 4.78 is 5.12. The lowest BCUT2D eigenvalue weighted by Crippen LogP contribution is -2.17. The second kappa shape index (κ2) is 6.02. The van der Waals surface area contributed by atoms with Crippen LogP contribution in [0.4, 0.5) is 5.69 Å². The number of benzene rings is 1. The molecule has 7 heteroatoms. The zero-order valence-corrected chi connectivity index (χ0v) is 11.3. The molecule has 0 heterocycles. The number of nitro benzene ring substituents is 1. The Morgan fingerprint density at radius 1 is 1.39 bits per heavy atom. The zero-order chi connectivity index (χ0) is 13.9. The van der Waals surface area contributed by atoms with E-state index in [4.69, 9.17) is 27.9 Å². The Labute approximate surface area is 114 Å². The molecule has 0 aliphatic carbocycles. The molecule has 0 aliphatic heterocycles. The van der Waals surface area contributed by atoms with Crippen LogP contribution in [0.15, 0.2) is 12.1 Å². The summed E-state index contributed by atoms with van der Waals surface area (Å²) in [6.45, 7) is 3.19. The Kier molecular flexibility index (Phi) is 4.93. The Balaban J connectivity index is 2.97. The van der Waals surface area contributed by atoms with Crippen LogP contribution in [0.2, 0.25) is 10.0 Å². The molecule has 0 atom stereocenters. The van der Waals surface area contributed by atoms with E-state index in [1.807, 2.05) is 0 Å². The fourth-order valence-corrected chi connectivity index (χ4v) is 1.40. The van der Waals surface area contributed by atoms with E-state index in [-0.39, 0.29) is 39.8 Å². The molecule has 0 N–H and O–H groups in total. The highest BCUT2D eigenvalue weighted by Gasteiger charge is 2.19. The standard InChI is InChI=1S/C11H11Cl2NO4/c1-6(2)10(15)5-18-11-4-8(13)7(12)3-9(11)14(16)17/h3-4,6H,5H2,1-2H3. The molecule has 0 spiro atoms. The number of hydrogen-bond donors (Lipinski definition) is 0. The van der Waals surface area contributed by atoms with Crippen molar-refractivity contribution in [2.75, 3.05) is 6.61 Å². The fraction of sp³-hybridized carbons (Fsp3) is 0.364. The summed E-state index contributed by atoms with van der Waals surface area (Å²) in [4.78, 5) is 21.6. The van der Waals surface area contributed by atoms with Crippen molar-refractivity contribution >= 4 is 34.7 Å². The van der Waals surface area contributed by atoms with E-state index in [1.54, 1.807) is 13.8 Å². The SMILES string of the molecule is CC(C)C(=O)COc1cc(Cl)c(Cl)cc1[N+](=O)[O-]. The number of Topliss-reactive ketones (excluding diaryl/α,β-unsaturated/α-hetero) is 1. The lowest BCUT2D eigenvalue weighted by atomic mass is 10.1. The summed E-state index contributed by atoms with van der Waals surface area (Å²) >= 11 is 11.4. The van der Waals surface area contributed by atoms with Gasteiger partial charge in [0.25, 0.3) is 0 Å². The fourth-order valence-electron chi connectivity index (χ4n) is 1.09. The maximum Gasteiger partial charge on any atom is 0.312 e. The van der Waals surface area contributed by atoms with Gasteiger partial charge in [0.1, 0.15) is 6.61 Å². The van der Waals surface area contributed by atoms with Gasteiger partial charge in [-0.15, -0.1) is 0 Å². The van der Waals surface area contributed by atoms with Gasteiger partial charge in [-0.1, -0.05) is 37.0 Å². The monoisotopic (exact) mass is 291 g/mol. The summed E-state index contributed by atoms with van der Waals surface area (Å²) in [7, 11) is 0. The lowest BCUT2D eigenvalue weighted by Gasteiger charge is -2.08. The highest BCUT2D eigenvalue weighted by molar-refractivity contribution is 6.42. The molecular formula is C11H11Cl2NO4. The Morgan fingerprint density at radius 3 is 2.44 bits per heavy atom. The van der Waals surface area contributed by atoms with Crippen LogP contribution in [0.5, 0.6) is 5.75 Å². The number of nitro groups is 1. The first-order chi connectivity index (χ1) is 8.32. The summed E-state index contributed by atoms with van der Waals surface area (Å²) in [5.41, 5.74) is -0.319. The van der Waals surface area contributed by atoms with Gasteiger partial charge in [0, 0.05) is 18.1 Å². The molecule has 0 saturated heterocycles. The van der Waals surface area contributed by atoms with Gasteiger partial charge in [-0.2, -0.15) is 0 Å². The average molecular weight is 292 g/mol. The molecule has 1 rings (SSSR count). The minimum atomic E-state index is -0.641. The molecule has 1 aromatic rings. The van der Waals surface area contributed by atoms with Crippen molar-refractivity contribution in [1.29, 1.82) is 0 Å². The van der Waals surface area contributed by atoms with Crippen molar-refractivity contribution in [3.63, 3.8) is 0 Å². The van der Waals surface area contributed by atoms with Crippen molar-refractivity contribution in [3.8, 4) is 5.75 Å². The summed E-state index contributed by atoms with van der Waals surface area (Å²) in [6, 6.07) is 2.33. The second-order valence-corrected chi connectivity index (χ2v) is 4.72. The molecule has 0 fully saturated rings. The molecule has 18 heavy (non-hydrogen) atoms. The van der Waals surface area contributed by atoms with Crippen LogP contribution in [0.3, 0.4) is 0 Å². The third-order valence-corrected chi connectivity index (χ3v) is 2.93. The largest absolute Gasteiger partial charge is 0.479 e. The molecule has 5 nitrogen and oxygen atoms in total. The van der Waals surface area contributed by atoms with E-state index in [9.17, 15) is 14.9 Å². The predicted molar refractivity (Wildman–Crippen MR) is 68.5 cm³/mol. The quantitative estimate of drug-likeness (QED) is 0.615. The van der Waals surface area contributed by atoms with Crippen LogP contribution in [0.1, 0.15) is 13.8 Å². The number of ketones is 1. The molecule has 0 bridgehead atoms. The predicted octanol–water partition coefficient (Wildman–Crippen LogP) is 3.51. The van der Waals surface area contributed by atoms with E-state index in [0.717, 1.165) is 6.07 Å². The first-order valence-electron chi connectivity index (χ1n) is 5.12. The topological polar surface area (TPSA) is 69.4 Å². The molecule has 1 aromatic carbocycles. The molecule has 0 saturated carbocycles. The van der Waals surface area contributed by atoms with E-state index in [2.05, 4.69) is 0 Å². The van der Waals surface area contributed by atoms with Gasteiger partial charge in [-0.25, -0.2) is 0 Å². The van der Waals surface area contributed by atoms with Crippen molar-refractivity contribution in [2.24, 2.45) is 5.92 Å². The number of carbonyl (C=O) groups is 1. The number of carbonyl (C=O) groups excluding carboxylic acids is 1. The summed E-state index contributed by atoms with van der Waals surface area (Å²) in [6.07, 6.45) is 0. The minimum absolute atomic E-state index is 0.0610. The molecule has 0 amide bonds. The van der Waals surface area contributed by atoms with Crippen LogP contribution in [-0.2, 0) is 4.79 Å². The maximum atomic E-state index is 11.4. The van der Waals surface area contributed by atoms with Gasteiger partial charge >= 0.3 is 5.69 Å². The van der Waals surface area contributed by atoms with Crippen molar-refractivity contribution in [3.05, 3.63) is 32.3 Å². The molecule has 0 radical (unpaired) electrons. The highest BCUT2D eigenvalue weighted by Crippen LogP contribution is 2.35. The lowest BCUT2D eigenvalue weighted by molar-refractivity contribution is -0.385. The first-order valence-corrected chi connectivity index (χ1v) is 5.87. The zero-order valence-electron chi connectivity index (χ0n) is 9.78. The number of nitrogens with zero attached hydrogens (tertiary/aromatic N) is 1. The van der Waals surface area contributed by atoms with Crippen LogP contribution in [0, 0.1) is 16.0 Å². The van der Waals surface area contributed by atoms with Gasteiger partial charge in [0.2, 0.25) is 0 Å². The van der Waals surface area contributed by atoms with Gasteiger partial charge in [-0.3, -0.25) is 14.9 Å². The third kappa shape index (κ3) is 3.58. The third-order valence-electron chi connectivity index (χ3n) is 2.21. The number of ether oxygens (including phenoxy) is 1. The van der Waals surface area contributed by atoms with E-state index in [1.165, 1.54) is 6.07 Å². The Hall–Kier alpha value is -1.33. The van der Waals surface area contributed by atoms with Gasteiger partial charge in [-0.05, 0) is 0 Å². The highest BCUT2D eigenvalue weighted by atomic mass is 35.5. The molecule has 0 aromatic heterocycles. The smallest absolute Gasteiger partial charge is 0.312 e. The van der Waals surface area contributed by atoms with Crippen LogP contribution in [-0.4, -0.2) is 17.3 Å². The van der Waals surface area contributed by atoms with Crippen molar-refractivity contribution < 1.29 is 14.5 Å². The Morgan fingerprint density at radius 2 is 1.94 bits per heavy atom. The molecular weight excluding hydrogens is 281 g/mol. The van der Waals surface area contributed by atoms with Crippen LogP contribution in [0.25, 0.3) is 0 Å².